The first kappa shape index (κ1) is 37.0. The van der Waals surface area contributed by atoms with Gasteiger partial charge in [-0.05, 0) is 89.0 Å². The number of hydrogen-bond donors (Lipinski definition) is 0. The largest absolute Gasteiger partial charge is 0.208 e. The van der Waals surface area contributed by atoms with Crippen LogP contribution in [-0.2, 0) is 0 Å². The molecule has 12 rings (SSSR count). The third-order valence-corrected chi connectivity index (χ3v) is 12.6. The average Bonchev–Trinajstić information content (AvgIpc) is 3.71. The Hall–Kier alpha value is -8.78. The van der Waals surface area contributed by atoms with Gasteiger partial charge in [0.15, 0.2) is 17.5 Å². The molecule has 1 aromatic heterocycles. The van der Waals surface area contributed by atoms with Crippen molar-refractivity contribution in [3.8, 4) is 107 Å². The maximum atomic E-state index is 9.97. The van der Waals surface area contributed by atoms with Gasteiger partial charge in [-0.1, -0.05) is 212 Å². The minimum atomic E-state index is 0.638. The van der Waals surface area contributed by atoms with E-state index >= 15 is 0 Å². The molecule has 0 fully saturated rings. The number of hydrogen-bond acceptors (Lipinski definition) is 4. The molecule has 0 unspecified atom stereocenters. The summed E-state index contributed by atoms with van der Waals surface area (Å²) in [6, 6.07) is 78.9. The number of fused-ring (bicyclic) bond motifs is 4. The van der Waals surface area contributed by atoms with E-state index < -0.39 is 0 Å². The number of benzene rings is 10. The highest BCUT2D eigenvalue weighted by atomic mass is 15.0. The summed E-state index contributed by atoms with van der Waals surface area (Å²) >= 11 is 0. The van der Waals surface area contributed by atoms with E-state index in [1.54, 1.807) is 0 Å². The fourth-order valence-corrected chi connectivity index (χ4v) is 9.44. The third kappa shape index (κ3) is 6.26. The van der Waals surface area contributed by atoms with Crippen molar-refractivity contribution in [2.45, 2.75) is 0 Å². The van der Waals surface area contributed by atoms with Gasteiger partial charge in [0.25, 0.3) is 0 Å². The van der Waals surface area contributed by atoms with Crippen LogP contribution >= 0.6 is 0 Å². The Morgan fingerprint density at radius 2 is 0.594 bits per heavy atom. The molecule has 4 nitrogen and oxygen atoms in total. The van der Waals surface area contributed by atoms with Crippen LogP contribution in [0.4, 0.5) is 0 Å². The highest BCUT2D eigenvalue weighted by molar-refractivity contribution is 6.23. The predicted octanol–water partition coefficient (Wildman–Crippen LogP) is 15.4. The van der Waals surface area contributed by atoms with Crippen LogP contribution < -0.4 is 0 Å². The molecule has 0 radical (unpaired) electrons. The SMILES string of the molecule is N#Cc1ccc(-c2ccc3c4c(ccc(-c5ccc(-c6ccc(-c7ccc(-c8nc(-c9ccccc9)nc(-c9ccccc9)n8)cc7)cc6)cc5)c24)-c2ccccc2-3)c2ccccc12. The van der Waals surface area contributed by atoms with Gasteiger partial charge >= 0.3 is 0 Å². The molecular weight excluding hydrogens is 777 g/mol. The third-order valence-electron chi connectivity index (χ3n) is 12.6. The normalized spacial score (nSPS) is 11.4. The van der Waals surface area contributed by atoms with E-state index in [-0.39, 0.29) is 0 Å². The minimum absolute atomic E-state index is 0.638. The van der Waals surface area contributed by atoms with Gasteiger partial charge in [-0.2, -0.15) is 5.26 Å². The molecule has 296 valence electrons. The summed E-state index contributed by atoms with van der Waals surface area (Å²) in [6.45, 7) is 0. The zero-order valence-corrected chi connectivity index (χ0v) is 34.6. The lowest BCUT2D eigenvalue weighted by Gasteiger charge is -2.17. The molecule has 0 N–H and O–H groups in total. The Labute approximate surface area is 371 Å². The summed E-state index contributed by atoms with van der Waals surface area (Å²) in [7, 11) is 0. The molecule has 4 heteroatoms. The zero-order valence-electron chi connectivity index (χ0n) is 34.6. The Kier molecular flexibility index (Phi) is 8.84. The van der Waals surface area contributed by atoms with Crippen LogP contribution in [0.15, 0.2) is 218 Å². The molecule has 0 aliphatic heterocycles. The van der Waals surface area contributed by atoms with Crippen LogP contribution in [0.5, 0.6) is 0 Å². The molecule has 1 heterocycles. The Morgan fingerprint density at radius 1 is 0.250 bits per heavy atom. The minimum Gasteiger partial charge on any atom is -0.208 e. The van der Waals surface area contributed by atoms with Crippen molar-refractivity contribution in [1.82, 2.24) is 15.0 Å². The van der Waals surface area contributed by atoms with Crippen LogP contribution in [-0.4, -0.2) is 15.0 Å². The fourth-order valence-electron chi connectivity index (χ4n) is 9.44. The highest BCUT2D eigenvalue weighted by Gasteiger charge is 2.25. The number of aromatic nitrogens is 3. The highest BCUT2D eigenvalue weighted by Crippen LogP contribution is 2.52. The molecule has 10 aromatic carbocycles. The summed E-state index contributed by atoms with van der Waals surface area (Å²) in [5.41, 5.74) is 17.8. The first-order chi connectivity index (χ1) is 31.7. The molecule has 0 amide bonds. The fraction of sp³-hybridized carbons (Fsp3) is 0. The van der Waals surface area contributed by atoms with E-state index in [0.717, 1.165) is 60.8 Å². The van der Waals surface area contributed by atoms with Gasteiger partial charge in [-0.25, -0.2) is 15.0 Å². The van der Waals surface area contributed by atoms with Gasteiger partial charge < -0.3 is 0 Å². The van der Waals surface area contributed by atoms with Crippen molar-refractivity contribution in [2.24, 2.45) is 0 Å². The van der Waals surface area contributed by atoms with Gasteiger partial charge in [-0.15, -0.1) is 0 Å². The number of nitriles is 1. The summed E-state index contributed by atoms with van der Waals surface area (Å²) in [6.07, 6.45) is 0. The van der Waals surface area contributed by atoms with E-state index in [1.165, 1.54) is 44.2 Å². The van der Waals surface area contributed by atoms with E-state index in [0.29, 0.717) is 23.0 Å². The lowest BCUT2D eigenvalue weighted by molar-refractivity contribution is 1.07. The van der Waals surface area contributed by atoms with Crippen LogP contribution in [0.1, 0.15) is 5.56 Å². The molecule has 0 spiro atoms. The summed E-state index contributed by atoms with van der Waals surface area (Å²) in [5, 5.41) is 14.5. The summed E-state index contributed by atoms with van der Waals surface area (Å²) < 4.78 is 0. The average molecular weight is 813 g/mol. The lowest BCUT2D eigenvalue weighted by atomic mass is 9.86. The molecule has 0 bridgehead atoms. The predicted molar refractivity (Wildman–Crippen MR) is 262 cm³/mol. The van der Waals surface area contributed by atoms with Crippen LogP contribution in [0.25, 0.3) is 122 Å². The number of nitrogens with zero attached hydrogens (tertiary/aromatic N) is 4. The second-order valence-corrected chi connectivity index (χ2v) is 16.2. The van der Waals surface area contributed by atoms with E-state index in [9.17, 15) is 5.26 Å². The molecule has 64 heavy (non-hydrogen) atoms. The van der Waals surface area contributed by atoms with Crippen LogP contribution in [0, 0.1) is 11.3 Å². The van der Waals surface area contributed by atoms with Gasteiger partial charge in [-0.3, -0.25) is 0 Å². The van der Waals surface area contributed by atoms with Gasteiger partial charge in [0.2, 0.25) is 0 Å². The standard InChI is InChI=1S/C60H36N4/c61-37-46-31-32-52(49-16-8-7-15-47(46)49)55-36-35-54-51-18-10-9-17-50(51)53-34-33-48(56(55)57(53)54)42-27-23-40(24-28-42)38-19-21-39(22-20-38)41-25-29-45(30-26-41)60-63-58(43-11-3-1-4-12-43)62-59(64-60)44-13-5-2-6-14-44/h1-36H. The molecule has 1 aliphatic rings. The Bertz CT molecular complexity index is 3540. The van der Waals surface area contributed by atoms with E-state index in [4.69, 9.17) is 15.0 Å². The van der Waals surface area contributed by atoms with Crippen molar-refractivity contribution < 1.29 is 0 Å². The lowest BCUT2D eigenvalue weighted by Crippen LogP contribution is -2.00. The molecule has 11 aromatic rings. The molecule has 0 saturated carbocycles. The van der Waals surface area contributed by atoms with E-state index in [1.807, 2.05) is 72.8 Å². The van der Waals surface area contributed by atoms with Crippen molar-refractivity contribution >= 4 is 21.5 Å². The van der Waals surface area contributed by atoms with Crippen LogP contribution in [0.3, 0.4) is 0 Å². The summed E-state index contributed by atoms with van der Waals surface area (Å²) in [5.74, 6) is 1.93. The van der Waals surface area contributed by atoms with Gasteiger partial charge in [0, 0.05) is 22.1 Å². The van der Waals surface area contributed by atoms with E-state index in [2.05, 4.69) is 152 Å². The summed E-state index contributed by atoms with van der Waals surface area (Å²) in [4.78, 5) is 14.7. The van der Waals surface area contributed by atoms with Crippen LogP contribution in [0.2, 0.25) is 0 Å². The van der Waals surface area contributed by atoms with Crippen molar-refractivity contribution in [3.05, 3.63) is 224 Å². The molecule has 0 saturated heterocycles. The maximum absolute atomic E-state index is 9.97. The maximum Gasteiger partial charge on any atom is 0.164 e. The quantitative estimate of drug-likeness (QED) is 0.161. The number of rotatable bonds is 7. The first-order valence-electron chi connectivity index (χ1n) is 21.5. The molecule has 0 atom stereocenters. The monoisotopic (exact) mass is 812 g/mol. The zero-order chi connectivity index (χ0) is 42.6. The van der Waals surface area contributed by atoms with Gasteiger partial charge in [0.1, 0.15) is 0 Å². The molecule has 1 aliphatic carbocycles. The Morgan fingerprint density at radius 3 is 1.08 bits per heavy atom. The van der Waals surface area contributed by atoms with Crippen molar-refractivity contribution in [3.63, 3.8) is 0 Å². The van der Waals surface area contributed by atoms with Gasteiger partial charge in [0.05, 0.1) is 11.6 Å². The van der Waals surface area contributed by atoms with Crippen molar-refractivity contribution in [2.75, 3.05) is 0 Å². The Balaban J connectivity index is 0.872. The second-order valence-electron chi connectivity index (χ2n) is 16.2. The first-order valence-corrected chi connectivity index (χ1v) is 21.5. The second kappa shape index (κ2) is 15.3. The topological polar surface area (TPSA) is 62.5 Å². The molecular formula is C60H36N4. The van der Waals surface area contributed by atoms with Crippen molar-refractivity contribution in [1.29, 1.82) is 5.26 Å². The smallest absolute Gasteiger partial charge is 0.164 e.